The fourth-order valence-electron chi connectivity index (χ4n) is 3.26. The van der Waals surface area contributed by atoms with Crippen molar-refractivity contribution >= 4 is 44.4 Å². The summed E-state index contributed by atoms with van der Waals surface area (Å²) >= 11 is 0. The summed E-state index contributed by atoms with van der Waals surface area (Å²) in [7, 11) is 0. The third-order valence-corrected chi connectivity index (χ3v) is 4.61. The first kappa shape index (κ1) is 18.9. The van der Waals surface area contributed by atoms with Crippen LogP contribution in [-0.2, 0) is 0 Å². The normalized spacial score (nSPS) is 10.1. The van der Waals surface area contributed by atoms with E-state index in [0.717, 1.165) is 32.6 Å². The summed E-state index contributed by atoms with van der Waals surface area (Å²) in [5.41, 5.74) is 2.02. The molecule has 30 heavy (non-hydrogen) atoms. The first-order valence-electron chi connectivity index (χ1n) is 9.17. The van der Waals surface area contributed by atoms with Gasteiger partial charge in [0.25, 0.3) is 11.8 Å². The van der Waals surface area contributed by atoms with Gasteiger partial charge in [0.15, 0.2) is 0 Å². The average molecular weight is 392 g/mol. The highest BCUT2D eigenvalue weighted by molar-refractivity contribution is 6.13. The predicted molar refractivity (Wildman–Crippen MR) is 116 cm³/mol. The number of fused-ring (bicyclic) bond motifs is 3. The fourth-order valence-corrected chi connectivity index (χ4v) is 3.26. The highest BCUT2D eigenvalue weighted by atomic mass is 16.2. The van der Waals surface area contributed by atoms with Crippen LogP contribution < -0.4 is 10.6 Å². The molecule has 0 radical (unpaired) electrons. The second-order valence-corrected chi connectivity index (χ2v) is 6.50. The van der Waals surface area contributed by atoms with Crippen molar-refractivity contribution in [3.05, 3.63) is 59.9 Å². The zero-order chi connectivity index (χ0) is 21.1. The molecule has 0 aliphatic heterocycles. The lowest BCUT2D eigenvalue weighted by Gasteiger charge is -2.10. The summed E-state index contributed by atoms with van der Waals surface area (Å²) in [5.74, 6) is 4.32. The molecule has 6 heteroatoms. The molecule has 6 nitrogen and oxygen atoms in total. The maximum Gasteiger partial charge on any atom is 0.263 e. The van der Waals surface area contributed by atoms with Gasteiger partial charge in [-0.1, -0.05) is 11.8 Å². The van der Waals surface area contributed by atoms with Gasteiger partial charge in [0.05, 0.1) is 22.2 Å². The van der Waals surface area contributed by atoms with Gasteiger partial charge in [0.1, 0.15) is 0 Å². The number of carbonyl (C=O) groups is 2. The molecule has 2 amide bonds. The summed E-state index contributed by atoms with van der Waals surface area (Å²) < 4.78 is 0. The second-order valence-electron chi connectivity index (χ2n) is 6.50. The van der Waals surface area contributed by atoms with Crippen molar-refractivity contribution in [3.8, 4) is 23.9 Å². The van der Waals surface area contributed by atoms with Crippen molar-refractivity contribution in [1.29, 1.82) is 0 Å². The van der Waals surface area contributed by atoms with E-state index in [9.17, 15) is 9.59 Å². The lowest BCUT2D eigenvalue weighted by atomic mass is 9.96. The van der Waals surface area contributed by atoms with Crippen LogP contribution in [0.2, 0.25) is 0 Å². The van der Waals surface area contributed by atoms with Gasteiger partial charge in [-0.2, -0.15) is 0 Å². The zero-order valence-corrected chi connectivity index (χ0v) is 16.3. The molecule has 0 saturated carbocycles. The molecule has 0 aliphatic carbocycles. The van der Waals surface area contributed by atoms with Crippen LogP contribution in [0.25, 0.3) is 32.6 Å². The van der Waals surface area contributed by atoms with Crippen molar-refractivity contribution in [3.63, 3.8) is 0 Å². The molecule has 0 bridgehead atoms. The highest BCUT2D eigenvalue weighted by Crippen LogP contribution is 2.28. The van der Waals surface area contributed by atoms with E-state index in [1.807, 2.05) is 24.3 Å². The van der Waals surface area contributed by atoms with E-state index in [0.29, 0.717) is 0 Å². The Morgan fingerprint density at radius 1 is 0.667 bits per heavy atom. The molecule has 0 fully saturated rings. The molecule has 0 spiro atoms. The number of aromatic nitrogens is 2. The van der Waals surface area contributed by atoms with Crippen molar-refractivity contribution < 1.29 is 9.59 Å². The number of hydrogen-bond acceptors (Lipinski definition) is 4. The molecule has 1 heterocycles. The molecule has 2 N–H and O–H groups in total. The number of amides is 2. The lowest BCUT2D eigenvalue weighted by molar-refractivity contribution is 0.0940. The predicted octanol–water partition coefficient (Wildman–Crippen LogP) is 3.36. The molecule has 1 aromatic heterocycles. The Morgan fingerprint density at radius 2 is 1.07 bits per heavy atom. The van der Waals surface area contributed by atoms with Crippen molar-refractivity contribution in [2.75, 3.05) is 0 Å². The Hall–Kier alpha value is -4.42. The van der Waals surface area contributed by atoms with Crippen molar-refractivity contribution in [1.82, 2.24) is 20.6 Å². The Labute approximate surface area is 172 Å². The van der Waals surface area contributed by atoms with Crippen LogP contribution in [0.3, 0.4) is 0 Å². The summed E-state index contributed by atoms with van der Waals surface area (Å²) in [5, 5.41) is 8.54. The third-order valence-electron chi connectivity index (χ3n) is 4.61. The van der Waals surface area contributed by atoms with Crippen LogP contribution in [0.15, 0.2) is 48.8 Å². The highest BCUT2D eigenvalue weighted by Gasteiger charge is 2.18. The molecule has 0 unspecified atom stereocenters. The van der Waals surface area contributed by atoms with Gasteiger partial charge in [0, 0.05) is 24.5 Å². The van der Waals surface area contributed by atoms with Gasteiger partial charge in [0.2, 0.25) is 0 Å². The van der Waals surface area contributed by atoms with Gasteiger partial charge >= 0.3 is 0 Å². The van der Waals surface area contributed by atoms with Crippen LogP contribution in [-0.4, -0.2) is 21.8 Å². The van der Waals surface area contributed by atoms with E-state index in [4.69, 9.17) is 0 Å². The van der Waals surface area contributed by atoms with E-state index in [1.165, 1.54) is 0 Å². The third kappa shape index (κ3) is 3.50. The van der Waals surface area contributed by atoms with Gasteiger partial charge < -0.3 is 0 Å². The average Bonchev–Trinajstić information content (AvgIpc) is 2.77. The van der Waals surface area contributed by atoms with Crippen molar-refractivity contribution in [2.24, 2.45) is 0 Å². The Morgan fingerprint density at radius 3 is 1.47 bits per heavy atom. The minimum absolute atomic E-state index is 0.223. The fraction of sp³-hybridized carbons (Fsp3) is 0.0833. The van der Waals surface area contributed by atoms with E-state index in [1.54, 1.807) is 38.4 Å². The van der Waals surface area contributed by atoms with Crippen LogP contribution in [0.5, 0.6) is 0 Å². The number of benzene rings is 3. The van der Waals surface area contributed by atoms with Crippen LogP contribution in [0, 0.1) is 23.9 Å². The lowest BCUT2D eigenvalue weighted by Crippen LogP contribution is -2.25. The largest absolute Gasteiger partial charge is 0.281 e. The Bertz CT molecular complexity index is 1360. The number of nitrogens with zero attached hydrogens (tertiary/aromatic N) is 2. The molecule has 3 aromatic carbocycles. The SMILES string of the molecule is CC#CNC(=O)c1cc2cc3cc4nccnc4cc3cc2cc1C(=O)NC#CC. The van der Waals surface area contributed by atoms with Crippen molar-refractivity contribution in [2.45, 2.75) is 13.8 Å². The number of hydrogen-bond donors (Lipinski definition) is 2. The van der Waals surface area contributed by atoms with Gasteiger partial charge in [-0.15, -0.1) is 0 Å². The summed E-state index contributed by atoms with van der Waals surface area (Å²) in [6.07, 6.45) is 3.30. The van der Waals surface area contributed by atoms with Crippen LogP contribution >= 0.6 is 0 Å². The van der Waals surface area contributed by atoms with E-state index >= 15 is 0 Å². The molecule has 4 rings (SSSR count). The molecule has 0 aliphatic rings. The molecular formula is C24H16N4O2. The number of carbonyl (C=O) groups excluding carboxylic acids is 2. The van der Waals surface area contributed by atoms with E-state index in [2.05, 4.69) is 44.5 Å². The standard InChI is InChI=1S/C24H16N4O2/c1-3-5-27-23(29)19-11-15-9-17-13-21-22(26-8-7-25-21)14-18(17)10-16(15)12-20(19)24(30)28-6-4-2/h7-14H,1-2H3,(H,27,29)(H,28,30). The smallest absolute Gasteiger partial charge is 0.263 e. The minimum atomic E-state index is -0.453. The van der Waals surface area contributed by atoms with Crippen LogP contribution in [0.4, 0.5) is 0 Å². The molecule has 0 saturated heterocycles. The maximum absolute atomic E-state index is 12.6. The monoisotopic (exact) mass is 392 g/mol. The Balaban J connectivity index is 1.95. The summed E-state index contributed by atoms with van der Waals surface area (Å²) in [4.78, 5) is 34.0. The number of rotatable bonds is 2. The Kier molecular flexibility index (Phi) is 4.99. The minimum Gasteiger partial charge on any atom is -0.281 e. The molecule has 144 valence electrons. The van der Waals surface area contributed by atoms with Gasteiger partial charge in [-0.05, 0) is 71.8 Å². The quantitative estimate of drug-likeness (QED) is 0.311. The molecule has 4 aromatic rings. The second kappa shape index (κ2) is 7.90. The first-order valence-corrected chi connectivity index (χ1v) is 9.17. The maximum atomic E-state index is 12.6. The summed E-state index contributed by atoms with van der Waals surface area (Å²) in [6, 6.07) is 16.3. The zero-order valence-electron chi connectivity index (χ0n) is 16.3. The topological polar surface area (TPSA) is 84.0 Å². The number of nitrogens with one attached hydrogen (secondary N) is 2. The van der Waals surface area contributed by atoms with Crippen LogP contribution in [0.1, 0.15) is 34.6 Å². The molecular weight excluding hydrogens is 376 g/mol. The van der Waals surface area contributed by atoms with Gasteiger partial charge in [-0.25, -0.2) is 0 Å². The summed E-state index contributed by atoms with van der Waals surface area (Å²) in [6.45, 7) is 3.23. The van der Waals surface area contributed by atoms with Gasteiger partial charge in [-0.3, -0.25) is 30.2 Å². The van der Waals surface area contributed by atoms with E-state index in [-0.39, 0.29) is 11.1 Å². The molecule has 0 atom stereocenters. The first-order chi connectivity index (χ1) is 14.6. The van der Waals surface area contributed by atoms with E-state index < -0.39 is 11.8 Å².